The summed E-state index contributed by atoms with van der Waals surface area (Å²) in [7, 11) is 0. The second kappa shape index (κ2) is 5.42. The fraction of sp³-hybridized carbons (Fsp3) is 0.214. The third-order valence-corrected chi connectivity index (χ3v) is 2.56. The molecule has 1 atom stereocenters. The highest BCUT2D eigenvalue weighted by Gasteiger charge is 2.04. The second-order valence-corrected chi connectivity index (χ2v) is 4.02. The van der Waals surface area contributed by atoms with E-state index in [0.717, 1.165) is 12.8 Å². The lowest BCUT2D eigenvalue weighted by Gasteiger charge is -2.11. The maximum absolute atomic E-state index is 6.11. The lowest BCUT2D eigenvalue weighted by molar-refractivity contribution is 0.663. The van der Waals surface area contributed by atoms with Crippen LogP contribution in [0.25, 0.3) is 0 Å². The number of hydrogen-bond acceptors (Lipinski definition) is 2. The Morgan fingerprint density at radius 1 is 0.938 bits per heavy atom. The van der Waals surface area contributed by atoms with Gasteiger partial charge in [-0.2, -0.15) is 0 Å². The number of nitrogens with zero attached hydrogens (tertiary/aromatic N) is 1. The van der Waals surface area contributed by atoms with Crippen molar-refractivity contribution >= 4 is 0 Å². The van der Waals surface area contributed by atoms with Gasteiger partial charge in [-0.05, 0) is 30.0 Å². The normalized spacial score (nSPS) is 12.3. The molecular formula is C14H16N2. The Morgan fingerprint density at radius 2 is 1.62 bits per heavy atom. The van der Waals surface area contributed by atoms with E-state index in [1.54, 1.807) is 6.20 Å². The van der Waals surface area contributed by atoms with Crippen LogP contribution in [0.1, 0.15) is 11.1 Å². The van der Waals surface area contributed by atoms with Crippen LogP contribution < -0.4 is 5.73 Å². The summed E-state index contributed by atoms with van der Waals surface area (Å²) in [5.74, 6) is 0. The third kappa shape index (κ3) is 3.17. The van der Waals surface area contributed by atoms with E-state index in [1.807, 2.05) is 30.5 Å². The molecule has 1 unspecified atom stereocenters. The summed E-state index contributed by atoms with van der Waals surface area (Å²) in [6.45, 7) is 0. The molecule has 0 saturated carbocycles. The monoisotopic (exact) mass is 212 g/mol. The van der Waals surface area contributed by atoms with E-state index in [0.29, 0.717) is 0 Å². The van der Waals surface area contributed by atoms with Crippen molar-refractivity contribution in [2.45, 2.75) is 18.9 Å². The minimum atomic E-state index is 0.159. The van der Waals surface area contributed by atoms with Crippen LogP contribution in [0.2, 0.25) is 0 Å². The van der Waals surface area contributed by atoms with Crippen LogP contribution in [0.4, 0.5) is 0 Å². The molecule has 0 amide bonds. The lowest BCUT2D eigenvalue weighted by atomic mass is 10.0. The Labute approximate surface area is 96.1 Å². The predicted molar refractivity (Wildman–Crippen MR) is 66.1 cm³/mol. The van der Waals surface area contributed by atoms with E-state index in [1.165, 1.54) is 11.1 Å². The van der Waals surface area contributed by atoms with Crippen LogP contribution in [-0.4, -0.2) is 11.0 Å². The molecule has 0 saturated heterocycles. The Hall–Kier alpha value is -1.67. The maximum atomic E-state index is 6.11. The quantitative estimate of drug-likeness (QED) is 0.843. The van der Waals surface area contributed by atoms with Gasteiger partial charge in [-0.3, -0.25) is 4.98 Å². The zero-order valence-electron chi connectivity index (χ0n) is 9.21. The summed E-state index contributed by atoms with van der Waals surface area (Å²) in [4.78, 5) is 4.09. The first-order chi connectivity index (χ1) is 7.84. The first-order valence-electron chi connectivity index (χ1n) is 5.53. The van der Waals surface area contributed by atoms with Gasteiger partial charge in [0.05, 0.1) is 0 Å². The van der Waals surface area contributed by atoms with E-state index < -0.39 is 0 Å². The van der Waals surface area contributed by atoms with Crippen molar-refractivity contribution < 1.29 is 0 Å². The Morgan fingerprint density at radius 3 is 2.31 bits per heavy atom. The number of aromatic nitrogens is 1. The van der Waals surface area contributed by atoms with Gasteiger partial charge in [-0.15, -0.1) is 0 Å². The number of hydrogen-bond donors (Lipinski definition) is 1. The van der Waals surface area contributed by atoms with Gasteiger partial charge < -0.3 is 5.73 Å². The molecule has 2 N–H and O–H groups in total. The Bertz CT molecular complexity index is 370. The molecule has 2 rings (SSSR count). The van der Waals surface area contributed by atoms with E-state index in [9.17, 15) is 0 Å². The molecule has 0 aliphatic heterocycles. The third-order valence-electron chi connectivity index (χ3n) is 2.56. The van der Waals surface area contributed by atoms with Gasteiger partial charge in [-0.25, -0.2) is 0 Å². The highest BCUT2D eigenvalue weighted by molar-refractivity contribution is 5.17. The molecule has 1 heterocycles. The molecule has 0 aliphatic carbocycles. The van der Waals surface area contributed by atoms with Crippen molar-refractivity contribution in [2.24, 2.45) is 5.73 Å². The fourth-order valence-corrected chi connectivity index (χ4v) is 1.81. The molecule has 1 aromatic heterocycles. The SMILES string of the molecule is NC(Cc1ccccc1)Cc1cccnc1. The molecule has 0 fully saturated rings. The maximum Gasteiger partial charge on any atom is 0.0300 e. The van der Waals surface area contributed by atoms with E-state index in [4.69, 9.17) is 5.73 Å². The number of rotatable bonds is 4. The molecule has 82 valence electrons. The predicted octanol–water partition coefficient (Wildman–Crippen LogP) is 2.19. The Kier molecular flexibility index (Phi) is 3.67. The minimum Gasteiger partial charge on any atom is -0.327 e. The van der Waals surface area contributed by atoms with E-state index in [2.05, 4.69) is 23.2 Å². The number of nitrogens with two attached hydrogens (primary N) is 1. The smallest absolute Gasteiger partial charge is 0.0300 e. The van der Waals surface area contributed by atoms with Gasteiger partial charge in [0.15, 0.2) is 0 Å². The molecule has 2 nitrogen and oxygen atoms in total. The highest BCUT2D eigenvalue weighted by atomic mass is 14.6. The average molecular weight is 212 g/mol. The molecule has 0 spiro atoms. The molecule has 16 heavy (non-hydrogen) atoms. The molecule has 2 aromatic rings. The van der Waals surface area contributed by atoms with Crippen LogP contribution in [0.3, 0.4) is 0 Å². The van der Waals surface area contributed by atoms with Crippen molar-refractivity contribution in [3.05, 3.63) is 66.0 Å². The zero-order valence-corrected chi connectivity index (χ0v) is 9.21. The first-order valence-corrected chi connectivity index (χ1v) is 5.53. The van der Waals surface area contributed by atoms with Gasteiger partial charge in [0.1, 0.15) is 0 Å². The summed E-state index contributed by atoms with van der Waals surface area (Å²) in [5, 5.41) is 0. The van der Waals surface area contributed by atoms with E-state index >= 15 is 0 Å². The molecular weight excluding hydrogens is 196 g/mol. The molecule has 1 aromatic carbocycles. The lowest BCUT2D eigenvalue weighted by Crippen LogP contribution is -2.25. The van der Waals surface area contributed by atoms with Crippen LogP contribution in [0, 0.1) is 0 Å². The summed E-state index contributed by atoms with van der Waals surface area (Å²) >= 11 is 0. The minimum absolute atomic E-state index is 0.159. The van der Waals surface area contributed by atoms with Crippen molar-refractivity contribution in [3.63, 3.8) is 0 Å². The van der Waals surface area contributed by atoms with E-state index in [-0.39, 0.29) is 6.04 Å². The summed E-state index contributed by atoms with van der Waals surface area (Å²) in [6, 6.07) is 14.5. The molecule has 0 radical (unpaired) electrons. The average Bonchev–Trinajstić information content (AvgIpc) is 2.31. The van der Waals surface area contributed by atoms with Gasteiger partial charge in [0.2, 0.25) is 0 Å². The second-order valence-electron chi connectivity index (χ2n) is 4.02. The Balaban J connectivity index is 1.92. The van der Waals surface area contributed by atoms with Crippen molar-refractivity contribution in [1.29, 1.82) is 0 Å². The summed E-state index contributed by atoms with van der Waals surface area (Å²) < 4.78 is 0. The van der Waals surface area contributed by atoms with Gasteiger partial charge in [0.25, 0.3) is 0 Å². The van der Waals surface area contributed by atoms with Crippen molar-refractivity contribution in [2.75, 3.05) is 0 Å². The fourth-order valence-electron chi connectivity index (χ4n) is 1.81. The van der Waals surface area contributed by atoms with Crippen LogP contribution in [-0.2, 0) is 12.8 Å². The summed E-state index contributed by atoms with van der Waals surface area (Å²) in [6.07, 6.45) is 5.45. The van der Waals surface area contributed by atoms with Crippen molar-refractivity contribution in [1.82, 2.24) is 4.98 Å². The van der Waals surface area contributed by atoms with Crippen molar-refractivity contribution in [3.8, 4) is 0 Å². The van der Waals surface area contributed by atoms with Gasteiger partial charge in [0, 0.05) is 18.4 Å². The highest BCUT2D eigenvalue weighted by Crippen LogP contribution is 2.06. The van der Waals surface area contributed by atoms with Gasteiger partial charge >= 0.3 is 0 Å². The first kappa shape index (κ1) is 10.8. The topological polar surface area (TPSA) is 38.9 Å². The van der Waals surface area contributed by atoms with Gasteiger partial charge in [-0.1, -0.05) is 36.4 Å². The molecule has 0 aliphatic rings. The standard InChI is InChI=1S/C14H16N2/c15-14(9-12-5-2-1-3-6-12)10-13-7-4-8-16-11-13/h1-8,11,14H,9-10,15H2. The molecule has 2 heteroatoms. The van der Waals surface area contributed by atoms with Crippen LogP contribution >= 0.6 is 0 Å². The summed E-state index contributed by atoms with van der Waals surface area (Å²) in [5.41, 5.74) is 8.60. The van der Waals surface area contributed by atoms with Crippen LogP contribution in [0.15, 0.2) is 54.9 Å². The number of benzene rings is 1. The number of pyridine rings is 1. The van der Waals surface area contributed by atoms with Crippen LogP contribution in [0.5, 0.6) is 0 Å². The molecule has 0 bridgehead atoms. The zero-order chi connectivity index (χ0) is 11.2. The largest absolute Gasteiger partial charge is 0.327 e.